The number of hydrogen-bond acceptors (Lipinski definition) is 7. The molecule has 0 fully saturated rings. The van der Waals surface area contributed by atoms with Crippen LogP contribution in [0.3, 0.4) is 0 Å². The van der Waals surface area contributed by atoms with Crippen molar-refractivity contribution < 1.29 is 32.2 Å². The summed E-state index contributed by atoms with van der Waals surface area (Å²) in [5.41, 5.74) is 1.24. The first kappa shape index (κ1) is 23.4. The minimum Gasteiger partial charge on any atom is -0.493 e. The zero-order chi connectivity index (χ0) is 23.6. The number of carbonyl (C=O) groups is 2. The fourth-order valence-electron chi connectivity index (χ4n) is 3.19. The molecule has 0 spiro atoms. The van der Waals surface area contributed by atoms with Gasteiger partial charge in [0.15, 0.2) is 17.6 Å². The van der Waals surface area contributed by atoms with Crippen molar-refractivity contribution in [3.05, 3.63) is 35.9 Å². The van der Waals surface area contributed by atoms with E-state index in [4.69, 9.17) is 14.2 Å². The molecule has 32 heavy (non-hydrogen) atoms. The van der Waals surface area contributed by atoms with Gasteiger partial charge >= 0.3 is 0 Å². The summed E-state index contributed by atoms with van der Waals surface area (Å²) in [4.78, 5) is 24.3. The summed E-state index contributed by atoms with van der Waals surface area (Å²) < 4.78 is 43.1. The minimum absolute atomic E-state index is 0.0129. The van der Waals surface area contributed by atoms with Gasteiger partial charge < -0.3 is 24.8 Å². The number of benzene rings is 2. The molecule has 0 aliphatic carbocycles. The Morgan fingerprint density at radius 3 is 2.53 bits per heavy atom. The Morgan fingerprint density at radius 2 is 1.88 bits per heavy atom. The van der Waals surface area contributed by atoms with E-state index in [1.165, 1.54) is 33.4 Å². The summed E-state index contributed by atoms with van der Waals surface area (Å²) in [5.74, 6) is 0.343. The average Bonchev–Trinajstić information content (AvgIpc) is 2.74. The quantitative estimate of drug-likeness (QED) is 0.644. The first-order chi connectivity index (χ1) is 15.1. The molecule has 172 valence electrons. The van der Waals surface area contributed by atoms with Gasteiger partial charge in [0.05, 0.1) is 31.3 Å². The van der Waals surface area contributed by atoms with E-state index in [1.54, 1.807) is 32.0 Å². The Bertz CT molecular complexity index is 1160. The van der Waals surface area contributed by atoms with E-state index in [1.807, 2.05) is 0 Å². The van der Waals surface area contributed by atoms with Gasteiger partial charge in [-0.2, -0.15) is 4.31 Å². The second-order valence-electron chi connectivity index (χ2n) is 7.24. The molecular formula is C21H25N3O7S. The fourth-order valence-corrected chi connectivity index (χ4v) is 4.54. The first-order valence-electron chi connectivity index (χ1n) is 9.67. The van der Waals surface area contributed by atoms with Crippen molar-refractivity contribution in [2.75, 3.05) is 38.4 Å². The van der Waals surface area contributed by atoms with Crippen LogP contribution in [-0.4, -0.2) is 58.5 Å². The molecule has 0 bridgehead atoms. The highest BCUT2D eigenvalue weighted by molar-refractivity contribution is 7.89. The lowest BCUT2D eigenvalue weighted by Crippen LogP contribution is -2.36. The van der Waals surface area contributed by atoms with E-state index in [9.17, 15) is 18.0 Å². The molecule has 0 saturated heterocycles. The molecule has 2 aromatic carbocycles. The van der Waals surface area contributed by atoms with Crippen molar-refractivity contribution in [1.29, 1.82) is 0 Å². The number of likely N-dealkylation sites (N-methyl/N-ethyl adjacent to an activating group) is 1. The van der Waals surface area contributed by atoms with Crippen LogP contribution in [0.25, 0.3) is 0 Å². The van der Waals surface area contributed by atoms with Gasteiger partial charge in [-0.3, -0.25) is 9.59 Å². The van der Waals surface area contributed by atoms with Gasteiger partial charge in [-0.1, -0.05) is 0 Å². The highest BCUT2D eigenvalue weighted by Crippen LogP contribution is 2.35. The number of hydrogen-bond donors (Lipinski definition) is 2. The van der Waals surface area contributed by atoms with Crippen LogP contribution in [0.1, 0.15) is 12.5 Å². The smallest absolute Gasteiger partial charge is 0.265 e. The standard InChI is InChI=1S/C21H25N3O7S/c1-12-8-15-17(31-13(2)21(26)23-15)10-19(12)32(27,28)24(3)11-20(25)22-14-6-7-16(29-4)18(9-14)30-5/h6-10,13H,11H2,1-5H3,(H,22,25)(H,23,26)/t13-/m1/s1. The number of fused-ring (bicyclic) bond motifs is 1. The third kappa shape index (κ3) is 4.63. The largest absolute Gasteiger partial charge is 0.493 e. The molecule has 0 saturated carbocycles. The van der Waals surface area contributed by atoms with Gasteiger partial charge in [-0.15, -0.1) is 0 Å². The summed E-state index contributed by atoms with van der Waals surface area (Å²) in [6.07, 6.45) is -0.745. The number of amides is 2. The Labute approximate surface area is 186 Å². The molecular weight excluding hydrogens is 438 g/mol. The molecule has 0 radical (unpaired) electrons. The second kappa shape index (κ2) is 9.05. The summed E-state index contributed by atoms with van der Waals surface area (Å²) in [6, 6.07) is 7.72. The molecule has 0 aromatic heterocycles. The Morgan fingerprint density at radius 1 is 1.19 bits per heavy atom. The molecule has 10 nitrogen and oxygen atoms in total. The van der Waals surface area contributed by atoms with E-state index in [0.29, 0.717) is 28.4 Å². The Hall–Kier alpha value is -3.31. The van der Waals surface area contributed by atoms with Crippen LogP contribution in [0.4, 0.5) is 11.4 Å². The van der Waals surface area contributed by atoms with Gasteiger partial charge in [-0.25, -0.2) is 8.42 Å². The molecule has 2 aromatic rings. The Balaban J connectivity index is 1.77. The third-order valence-electron chi connectivity index (χ3n) is 4.93. The molecule has 1 atom stereocenters. The molecule has 3 rings (SSSR count). The van der Waals surface area contributed by atoms with Gasteiger partial charge in [0, 0.05) is 24.9 Å². The maximum Gasteiger partial charge on any atom is 0.265 e. The van der Waals surface area contributed by atoms with Crippen LogP contribution in [0.5, 0.6) is 17.2 Å². The number of aryl methyl sites for hydroxylation is 1. The highest BCUT2D eigenvalue weighted by Gasteiger charge is 2.30. The lowest BCUT2D eigenvalue weighted by atomic mass is 10.1. The number of nitrogens with zero attached hydrogens (tertiary/aromatic N) is 1. The molecule has 11 heteroatoms. The number of carbonyl (C=O) groups excluding carboxylic acids is 2. The van der Waals surface area contributed by atoms with Gasteiger partial charge in [0.2, 0.25) is 15.9 Å². The fraction of sp³-hybridized carbons (Fsp3) is 0.333. The van der Waals surface area contributed by atoms with Gasteiger partial charge in [0.1, 0.15) is 5.75 Å². The monoisotopic (exact) mass is 463 g/mol. The number of nitrogens with one attached hydrogen (secondary N) is 2. The number of anilines is 2. The lowest BCUT2D eigenvalue weighted by Gasteiger charge is -2.25. The van der Waals surface area contributed by atoms with Gasteiger partial charge in [0.25, 0.3) is 5.91 Å². The van der Waals surface area contributed by atoms with Crippen molar-refractivity contribution in [3.8, 4) is 17.2 Å². The minimum atomic E-state index is -4.01. The SMILES string of the molecule is COc1ccc(NC(=O)CN(C)S(=O)(=O)c2cc3c(cc2C)NC(=O)[C@@H](C)O3)cc1OC. The average molecular weight is 464 g/mol. The van der Waals surface area contributed by atoms with E-state index >= 15 is 0 Å². The maximum atomic E-state index is 13.1. The van der Waals surface area contributed by atoms with Crippen molar-refractivity contribution >= 4 is 33.2 Å². The molecule has 2 amide bonds. The zero-order valence-corrected chi connectivity index (χ0v) is 19.2. The van der Waals surface area contributed by atoms with Crippen LogP contribution < -0.4 is 24.8 Å². The zero-order valence-electron chi connectivity index (χ0n) is 18.4. The van der Waals surface area contributed by atoms with Crippen LogP contribution >= 0.6 is 0 Å². The topological polar surface area (TPSA) is 123 Å². The van der Waals surface area contributed by atoms with Crippen molar-refractivity contribution in [3.63, 3.8) is 0 Å². The third-order valence-corrected chi connectivity index (χ3v) is 6.88. The van der Waals surface area contributed by atoms with E-state index < -0.39 is 28.6 Å². The van der Waals surface area contributed by atoms with Crippen molar-refractivity contribution in [2.45, 2.75) is 24.8 Å². The number of ether oxygens (including phenoxy) is 3. The maximum absolute atomic E-state index is 13.1. The molecule has 1 aliphatic rings. The van der Waals surface area contributed by atoms with E-state index in [0.717, 1.165) is 4.31 Å². The predicted octanol–water partition coefficient (Wildman–Crippen LogP) is 1.99. The second-order valence-corrected chi connectivity index (χ2v) is 9.26. The van der Waals surface area contributed by atoms with Crippen LogP contribution in [0, 0.1) is 6.92 Å². The normalized spacial score (nSPS) is 15.4. The highest BCUT2D eigenvalue weighted by atomic mass is 32.2. The number of rotatable bonds is 7. The number of methoxy groups -OCH3 is 2. The summed E-state index contributed by atoms with van der Waals surface area (Å²) in [6.45, 7) is 2.76. The molecule has 1 aliphatic heterocycles. The Kier molecular flexibility index (Phi) is 6.60. The van der Waals surface area contributed by atoms with Crippen molar-refractivity contribution in [1.82, 2.24) is 4.31 Å². The molecule has 2 N–H and O–H groups in total. The summed E-state index contributed by atoms with van der Waals surface area (Å²) in [5, 5.41) is 5.32. The molecule has 0 unspecified atom stereocenters. The van der Waals surface area contributed by atoms with Crippen LogP contribution in [0.2, 0.25) is 0 Å². The predicted molar refractivity (Wildman–Crippen MR) is 118 cm³/mol. The van der Waals surface area contributed by atoms with Crippen molar-refractivity contribution in [2.24, 2.45) is 0 Å². The molecule has 1 heterocycles. The summed E-state index contributed by atoms with van der Waals surface area (Å²) in [7, 11) is 0.274. The first-order valence-corrected chi connectivity index (χ1v) is 11.1. The van der Waals surface area contributed by atoms with E-state index in [2.05, 4.69) is 10.6 Å². The van der Waals surface area contributed by atoms with E-state index in [-0.39, 0.29) is 16.6 Å². The van der Waals surface area contributed by atoms with Gasteiger partial charge in [-0.05, 0) is 37.6 Å². The van der Waals surface area contributed by atoms with Crippen LogP contribution in [0.15, 0.2) is 35.2 Å². The van der Waals surface area contributed by atoms with Crippen LogP contribution in [-0.2, 0) is 19.6 Å². The lowest BCUT2D eigenvalue weighted by molar-refractivity contribution is -0.122. The summed E-state index contributed by atoms with van der Waals surface area (Å²) >= 11 is 0. The number of sulfonamides is 1.